The van der Waals surface area contributed by atoms with Crippen molar-refractivity contribution >= 4 is 5.65 Å². The Morgan fingerprint density at radius 1 is 1.07 bits per heavy atom. The Kier molecular flexibility index (Phi) is 4.44. The highest BCUT2D eigenvalue weighted by atomic mass is 19.1. The summed E-state index contributed by atoms with van der Waals surface area (Å²) in [6.45, 7) is 1.99. The van der Waals surface area contributed by atoms with E-state index in [1.165, 1.54) is 16.8 Å². The number of likely N-dealkylation sites (tertiary alicyclic amines) is 1. The summed E-state index contributed by atoms with van der Waals surface area (Å²) in [5.74, 6) is 0.637. The zero-order chi connectivity index (χ0) is 19.8. The molecule has 0 saturated carbocycles. The molecule has 3 aromatic heterocycles. The van der Waals surface area contributed by atoms with Crippen LogP contribution in [-0.2, 0) is 6.67 Å². The van der Waals surface area contributed by atoms with Gasteiger partial charge in [0.15, 0.2) is 5.65 Å². The highest BCUT2D eigenvalue weighted by molar-refractivity contribution is 5.51. The number of aromatic nitrogens is 5. The van der Waals surface area contributed by atoms with Gasteiger partial charge >= 0.3 is 5.76 Å². The van der Waals surface area contributed by atoms with Crippen LogP contribution in [-0.4, -0.2) is 42.4 Å². The van der Waals surface area contributed by atoms with Crippen LogP contribution < -0.4 is 5.76 Å². The van der Waals surface area contributed by atoms with Crippen LogP contribution in [0.4, 0.5) is 4.39 Å². The second kappa shape index (κ2) is 7.25. The Morgan fingerprint density at radius 3 is 2.66 bits per heavy atom. The number of halogens is 1. The summed E-state index contributed by atoms with van der Waals surface area (Å²) in [6.07, 6.45) is 3.84. The van der Waals surface area contributed by atoms with E-state index < -0.39 is 5.76 Å². The number of piperidine rings is 1. The Morgan fingerprint density at radius 2 is 1.86 bits per heavy atom. The molecule has 8 nitrogen and oxygen atoms in total. The lowest BCUT2D eigenvalue weighted by Crippen LogP contribution is -2.37. The summed E-state index contributed by atoms with van der Waals surface area (Å²) in [5.41, 5.74) is 1.42. The maximum absolute atomic E-state index is 13.1. The standard InChI is InChI=1S/C20H19FN6O2/c21-16-6-4-15(5-7-16)19-24-27(20(28)29-19)13-25-11-8-14(9-12-25)18-23-22-17-3-1-2-10-26(17)18/h1-7,10,14H,8-9,11-13H2. The van der Waals surface area contributed by atoms with Gasteiger partial charge in [0.05, 0.1) is 0 Å². The number of rotatable bonds is 4. The normalized spacial score (nSPS) is 15.9. The molecule has 0 unspecified atom stereocenters. The third-order valence-corrected chi connectivity index (χ3v) is 5.32. The van der Waals surface area contributed by atoms with Crippen molar-refractivity contribution in [2.75, 3.05) is 13.1 Å². The monoisotopic (exact) mass is 394 g/mol. The smallest absolute Gasteiger partial charge is 0.388 e. The Bertz CT molecular complexity index is 1190. The van der Waals surface area contributed by atoms with E-state index in [-0.39, 0.29) is 11.7 Å². The highest BCUT2D eigenvalue weighted by Gasteiger charge is 2.25. The fraction of sp³-hybridized carbons (Fsp3) is 0.300. The molecule has 1 aliphatic heterocycles. The van der Waals surface area contributed by atoms with E-state index in [4.69, 9.17) is 4.42 Å². The van der Waals surface area contributed by atoms with Crippen LogP contribution in [0.15, 0.2) is 57.9 Å². The molecule has 0 atom stereocenters. The first-order valence-corrected chi connectivity index (χ1v) is 9.53. The van der Waals surface area contributed by atoms with Crippen molar-refractivity contribution in [2.45, 2.75) is 25.4 Å². The molecule has 1 saturated heterocycles. The number of hydrogen-bond donors (Lipinski definition) is 0. The predicted molar refractivity (Wildman–Crippen MR) is 103 cm³/mol. The minimum atomic E-state index is -0.519. The van der Waals surface area contributed by atoms with E-state index in [0.717, 1.165) is 37.4 Å². The third-order valence-electron chi connectivity index (χ3n) is 5.32. The largest absolute Gasteiger partial charge is 0.438 e. The molecule has 0 N–H and O–H groups in total. The highest BCUT2D eigenvalue weighted by Crippen LogP contribution is 2.27. The van der Waals surface area contributed by atoms with Crippen molar-refractivity contribution in [3.8, 4) is 11.5 Å². The average Bonchev–Trinajstić information content (AvgIpc) is 3.33. The van der Waals surface area contributed by atoms with Crippen molar-refractivity contribution in [3.63, 3.8) is 0 Å². The van der Waals surface area contributed by atoms with Crippen LogP contribution in [0, 0.1) is 5.82 Å². The average molecular weight is 394 g/mol. The van der Waals surface area contributed by atoms with Crippen molar-refractivity contribution in [3.05, 3.63) is 70.9 Å². The second-order valence-electron chi connectivity index (χ2n) is 7.20. The first-order valence-electron chi connectivity index (χ1n) is 9.53. The fourth-order valence-corrected chi connectivity index (χ4v) is 3.77. The quantitative estimate of drug-likeness (QED) is 0.529. The van der Waals surface area contributed by atoms with Crippen molar-refractivity contribution < 1.29 is 8.81 Å². The predicted octanol–water partition coefficient (Wildman–Crippen LogP) is 2.52. The van der Waals surface area contributed by atoms with Crippen LogP contribution in [0.1, 0.15) is 24.6 Å². The maximum Gasteiger partial charge on any atom is 0.438 e. The van der Waals surface area contributed by atoms with Crippen molar-refractivity contribution in [1.29, 1.82) is 0 Å². The van der Waals surface area contributed by atoms with E-state index in [1.807, 2.05) is 28.8 Å². The van der Waals surface area contributed by atoms with Gasteiger partial charge in [-0.15, -0.1) is 15.3 Å². The van der Waals surface area contributed by atoms with Crippen molar-refractivity contribution in [2.24, 2.45) is 0 Å². The lowest BCUT2D eigenvalue weighted by atomic mass is 9.96. The molecular weight excluding hydrogens is 375 g/mol. The Hall–Kier alpha value is -3.33. The van der Waals surface area contributed by atoms with E-state index in [9.17, 15) is 9.18 Å². The first kappa shape index (κ1) is 17.7. The summed E-state index contributed by atoms with van der Waals surface area (Å²) in [7, 11) is 0. The number of hydrogen-bond acceptors (Lipinski definition) is 6. The van der Waals surface area contributed by atoms with E-state index in [0.29, 0.717) is 18.2 Å². The van der Waals surface area contributed by atoms with Gasteiger partial charge < -0.3 is 4.42 Å². The number of pyridine rings is 1. The van der Waals surface area contributed by atoms with E-state index in [1.54, 1.807) is 12.1 Å². The van der Waals surface area contributed by atoms with Crippen LogP contribution in [0.2, 0.25) is 0 Å². The van der Waals surface area contributed by atoms with Gasteiger partial charge in [-0.2, -0.15) is 4.68 Å². The van der Waals surface area contributed by atoms with Gasteiger partial charge in [0.2, 0.25) is 5.89 Å². The minimum absolute atomic E-state index is 0.194. The summed E-state index contributed by atoms with van der Waals surface area (Å²) >= 11 is 0. The molecule has 0 radical (unpaired) electrons. The topological polar surface area (TPSA) is 81.5 Å². The van der Waals surface area contributed by atoms with Crippen LogP contribution in [0.5, 0.6) is 0 Å². The lowest BCUT2D eigenvalue weighted by molar-refractivity contribution is 0.154. The van der Waals surface area contributed by atoms with E-state index >= 15 is 0 Å². The summed E-state index contributed by atoms with van der Waals surface area (Å²) in [6, 6.07) is 11.6. The van der Waals surface area contributed by atoms with Crippen LogP contribution in [0.3, 0.4) is 0 Å². The SMILES string of the molecule is O=c1oc(-c2ccc(F)cc2)nn1CN1CCC(c2nnc3ccccn23)CC1. The molecule has 0 aliphatic carbocycles. The van der Waals surface area contributed by atoms with Gasteiger partial charge in [0.25, 0.3) is 0 Å². The molecule has 1 fully saturated rings. The molecule has 4 heterocycles. The molecule has 0 amide bonds. The number of nitrogens with zero attached hydrogens (tertiary/aromatic N) is 6. The van der Waals surface area contributed by atoms with Gasteiger partial charge in [-0.25, -0.2) is 9.18 Å². The van der Waals surface area contributed by atoms with Gasteiger partial charge in [-0.1, -0.05) is 6.07 Å². The molecule has 9 heteroatoms. The summed E-state index contributed by atoms with van der Waals surface area (Å²) in [5, 5.41) is 12.9. The van der Waals surface area contributed by atoms with Crippen LogP contribution in [0.25, 0.3) is 17.1 Å². The molecule has 0 spiro atoms. The third kappa shape index (κ3) is 3.44. The molecule has 1 aliphatic rings. The first-order chi connectivity index (χ1) is 14.2. The molecule has 5 rings (SSSR count). The van der Waals surface area contributed by atoms with Crippen molar-refractivity contribution in [1.82, 2.24) is 29.3 Å². The van der Waals surface area contributed by atoms with Gasteiger partial charge in [-0.3, -0.25) is 9.30 Å². The molecular formula is C20H19FN6O2. The molecule has 4 aromatic rings. The lowest BCUT2D eigenvalue weighted by Gasteiger charge is -2.30. The molecule has 1 aromatic carbocycles. The minimum Gasteiger partial charge on any atom is -0.388 e. The van der Waals surface area contributed by atoms with Crippen LogP contribution >= 0.6 is 0 Å². The zero-order valence-electron chi connectivity index (χ0n) is 15.6. The van der Waals surface area contributed by atoms with Gasteiger partial charge in [-0.05, 0) is 49.2 Å². The summed E-state index contributed by atoms with van der Waals surface area (Å²) < 4.78 is 21.7. The Balaban J connectivity index is 1.26. The molecule has 29 heavy (non-hydrogen) atoms. The summed E-state index contributed by atoms with van der Waals surface area (Å²) in [4.78, 5) is 14.3. The van der Waals surface area contributed by atoms with Gasteiger partial charge in [0.1, 0.15) is 18.3 Å². The second-order valence-corrected chi connectivity index (χ2v) is 7.20. The maximum atomic E-state index is 13.1. The fourth-order valence-electron chi connectivity index (χ4n) is 3.77. The van der Waals surface area contributed by atoms with Gasteiger partial charge in [0, 0.05) is 30.8 Å². The zero-order valence-corrected chi connectivity index (χ0v) is 15.6. The van der Waals surface area contributed by atoms with E-state index in [2.05, 4.69) is 20.2 Å². The number of fused-ring (bicyclic) bond motifs is 1. The number of benzene rings is 1. The Labute approximate surface area is 165 Å². The molecule has 148 valence electrons. The molecule has 0 bridgehead atoms.